The first kappa shape index (κ1) is 17.7. The topological polar surface area (TPSA) is 73.8 Å². The van der Waals surface area contributed by atoms with Gasteiger partial charge in [0.25, 0.3) is 0 Å². The maximum Gasteiger partial charge on any atom is 0.316 e. The molecule has 0 radical (unpaired) electrons. The second-order valence-corrected chi connectivity index (χ2v) is 5.66. The van der Waals surface area contributed by atoms with Gasteiger partial charge >= 0.3 is 6.03 Å². The van der Waals surface area contributed by atoms with Crippen LogP contribution in [-0.4, -0.2) is 62.5 Å². The SMILES string of the molecule is CN(C)C(=O)NCCNCC(O)COc1ccc(Br)cc1. The number of nitrogens with one attached hydrogen (secondary N) is 2. The van der Waals surface area contributed by atoms with Gasteiger partial charge < -0.3 is 25.4 Å². The number of halogens is 1. The van der Waals surface area contributed by atoms with Crippen molar-refractivity contribution in [3.63, 3.8) is 0 Å². The molecule has 0 fully saturated rings. The number of hydrogen-bond donors (Lipinski definition) is 3. The largest absolute Gasteiger partial charge is 0.491 e. The molecule has 0 aliphatic rings. The first-order chi connectivity index (χ1) is 9.99. The maximum absolute atomic E-state index is 11.2. The number of hydrogen-bond acceptors (Lipinski definition) is 4. The molecule has 0 saturated carbocycles. The average molecular weight is 360 g/mol. The molecule has 3 N–H and O–H groups in total. The van der Waals surface area contributed by atoms with E-state index in [0.717, 1.165) is 10.2 Å². The number of rotatable bonds is 8. The molecule has 0 spiro atoms. The number of aliphatic hydroxyl groups is 1. The summed E-state index contributed by atoms with van der Waals surface area (Å²) in [6, 6.07) is 7.30. The molecule has 118 valence electrons. The second kappa shape index (κ2) is 9.59. The van der Waals surface area contributed by atoms with Crippen molar-refractivity contribution in [3.05, 3.63) is 28.7 Å². The molecule has 21 heavy (non-hydrogen) atoms. The highest BCUT2D eigenvalue weighted by molar-refractivity contribution is 9.10. The first-order valence-electron chi connectivity index (χ1n) is 6.71. The maximum atomic E-state index is 11.2. The summed E-state index contributed by atoms with van der Waals surface area (Å²) in [7, 11) is 3.37. The Morgan fingerprint density at radius 3 is 2.62 bits per heavy atom. The van der Waals surface area contributed by atoms with Gasteiger partial charge in [0, 0.05) is 38.2 Å². The van der Waals surface area contributed by atoms with Gasteiger partial charge in [-0.2, -0.15) is 0 Å². The molecule has 1 atom stereocenters. The molecule has 7 heteroatoms. The summed E-state index contributed by atoms with van der Waals surface area (Å²) in [5.41, 5.74) is 0. The monoisotopic (exact) mass is 359 g/mol. The van der Waals surface area contributed by atoms with Crippen molar-refractivity contribution >= 4 is 22.0 Å². The van der Waals surface area contributed by atoms with Gasteiger partial charge in [-0.05, 0) is 24.3 Å². The third-order valence-corrected chi connectivity index (χ3v) is 3.15. The van der Waals surface area contributed by atoms with E-state index in [9.17, 15) is 9.90 Å². The molecule has 0 heterocycles. The number of amides is 2. The third kappa shape index (κ3) is 7.89. The summed E-state index contributed by atoms with van der Waals surface area (Å²) in [5, 5.41) is 15.5. The Labute approximate surface area is 133 Å². The van der Waals surface area contributed by atoms with Gasteiger partial charge in [0.2, 0.25) is 0 Å². The molecule has 1 aromatic carbocycles. The fourth-order valence-electron chi connectivity index (χ4n) is 1.47. The highest BCUT2D eigenvalue weighted by Crippen LogP contribution is 2.16. The van der Waals surface area contributed by atoms with Gasteiger partial charge in [0.15, 0.2) is 0 Å². The Morgan fingerprint density at radius 2 is 2.00 bits per heavy atom. The molecule has 6 nitrogen and oxygen atoms in total. The zero-order valence-electron chi connectivity index (χ0n) is 12.3. The van der Waals surface area contributed by atoms with Crippen LogP contribution in [0.15, 0.2) is 28.7 Å². The van der Waals surface area contributed by atoms with E-state index in [0.29, 0.717) is 19.6 Å². The van der Waals surface area contributed by atoms with Crippen LogP contribution >= 0.6 is 15.9 Å². The lowest BCUT2D eigenvalue weighted by atomic mass is 10.3. The molecular weight excluding hydrogens is 338 g/mol. The summed E-state index contributed by atoms with van der Waals surface area (Å²) in [4.78, 5) is 12.7. The highest BCUT2D eigenvalue weighted by atomic mass is 79.9. The summed E-state index contributed by atoms with van der Waals surface area (Å²) in [6.45, 7) is 1.74. The molecule has 0 aromatic heterocycles. The lowest BCUT2D eigenvalue weighted by molar-refractivity contribution is 0.106. The Hall–Kier alpha value is -1.31. The third-order valence-electron chi connectivity index (χ3n) is 2.62. The smallest absolute Gasteiger partial charge is 0.316 e. The molecular formula is C14H22BrN3O3. The molecule has 1 unspecified atom stereocenters. The van der Waals surface area contributed by atoms with Crippen molar-refractivity contribution in [2.24, 2.45) is 0 Å². The van der Waals surface area contributed by atoms with Crippen LogP contribution in [0.5, 0.6) is 5.75 Å². The molecule has 0 saturated heterocycles. The summed E-state index contributed by atoms with van der Waals surface area (Å²) >= 11 is 3.35. The minimum Gasteiger partial charge on any atom is -0.491 e. The summed E-state index contributed by atoms with van der Waals surface area (Å²) in [6.07, 6.45) is -0.599. The number of urea groups is 1. The van der Waals surface area contributed by atoms with E-state index in [1.807, 2.05) is 24.3 Å². The zero-order valence-corrected chi connectivity index (χ0v) is 13.9. The number of benzene rings is 1. The lowest BCUT2D eigenvalue weighted by Crippen LogP contribution is -2.40. The fourth-order valence-corrected chi connectivity index (χ4v) is 1.73. The quantitative estimate of drug-likeness (QED) is 0.606. The van der Waals surface area contributed by atoms with Crippen molar-refractivity contribution in [1.29, 1.82) is 0 Å². The van der Waals surface area contributed by atoms with E-state index < -0.39 is 6.10 Å². The normalized spacial score (nSPS) is 11.8. The van der Waals surface area contributed by atoms with E-state index in [-0.39, 0.29) is 12.6 Å². The first-order valence-corrected chi connectivity index (χ1v) is 7.50. The predicted molar refractivity (Wildman–Crippen MR) is 85.6 cm³/mol. The van der Waals surface area contributed by atoms with E-state index in [1.165, 1.54) is 4.90 Å². The van der Waals surface area contributed by atoms with Gasteiger partial charge in [-0.3, -0.25) is 0 Å². The van der Waals surface area contributed by atoms with Gasteiger partial charge in [-0.25, -0.2) is 4.79 Å². The van der Waals surface area contributed by atoms with Crippen LogP contribution in [0.3, 0.4) is 0 Å². The van der Waals surface area contributed by atoms with E-state index >= 15 is 0 Å². The Balaban J connectivity index is 2.07. The second-order valence-electron chi connectivity index (χ2n) is 4.75. The molecule has 2 amide bonds. The van der Waals surface area contributed by atoms with Gasteiger partial charge in [-0.15, -0.1) is 0 Å². The Kier molecular flexibility index (Phi) is 8.11. The number of carbonyl (C=O) groups is 1. The minimum absolute atomic E-state index is 0.129. The predicted octanol–water partition coefficient (Wildman–Crippen LogP) is 1.05. The van der Waals surface area contributed by atoms with E-state index in [1.54, 1.807) is 14.1 Å². The molecule has 1 rings (SSSR count). The Bertz CT molecular complexity index is 426. The van der Waals surface area contributed by atoms with Crippen LogP contribution in [-0.2, 0) is 0 Å². The van der Waals surface area contributed by atoms with Crippen molar-refractivity contribution in [1.82, 2.24) is 15.5 Å². The number of nitrogens with zero attached hydrogens (tertiary/aromatic N) is 1. The lowest BCUT2D eigenvalue weighted by Gasteiger charge is -2.14. The molecule has 0 aliphatic carbocycles. The van der Waals surface area contributed by atoms with E-state index in [2.05, 4.69) is 26.6 Å². The van der Waals surface area contributed by atoms with Crippen LogP contribution in [0.25, 0.3) is 0 Å². The Morgan fingerprint density at radius 1 is 1.33 bits per heavy atom. The van der Waals surface area contributed by atoms with Crippen LogP contribution in [0.4, 0.5) is 4.79 Å². The van der Waals surface area contributed by atoms with Crippen LogP contribution in [0.1, 0.15) is 0 Å². The summed E-state index contributed by atoms with van der Waals surface area (Å²) < 4.78 is 6.45. The van der Waals surface area contributed by atoms with Gasteiger partial charge in [-0.1, -0.05) is 15.9 Å². The van der Waals surface area contributed by atoms with Crippen molar-refractivity contribution in [3.8, 4) is 5.75 Å². The molecule has 1 aromatic rings. The average Bonchev–Trinajstić information content (AvgIpc) is 2.46. The molecule has 0 aliphatic heterocycles. The molecule has 0 bridgehead atoms. The van der Waals surface area contributed by atoms with E-state index in [4.69, 9.17) is 4.74 Å². The standard InChI is InChI=1S/C14H22BrN3O3/c1-18(2)14(20)17-8-7-16-9-12(19)10-21-13-5-3-11(15)4-6-13/h3-6,12,16,19H,7-10H2,1-2H3,(H,17,20). The zero-order chi connectivity index (χ0) is 15.7. The van der Waals surface area contributed by atoms with Crippen molar-refractivity contribution in [2.45, 2.75) is 6.10 Å². The fraction of sp³-hybridized carbons (Fsp3) is 0.500. The minimum atomic E-state index is -0.599. The van der Waals surface area contributed by atoms with Crippen molar-refractivity contribution in [2.75, 3.05) is 40.3 Å². The van der Waals surface area contributed by atoms with Gasteiger partial charge in [0.1, 0.15) is 18.5 Å². The number of carbonyl (C=O) groups excluding carboxylic acids is 1. The van der Waals surface area contributed by atoms with Crippen molar-refractivity contribution < 1.29 is 14.6 Å². The van der Waals surface area contributed by atoms with Gasteiger partial charge in [0.05, 0.1) is 0 Å². The number of ether oxygens (including phenoxy) is 1. The van der Waals surface area contributed by atoms with Crippen LogP contribution in [0.2, 0.25) is 0 Å². The van der Waals surface area contributed by atoms with Crippen LogP contribution < -0.4 is 15.4 Å². The highest BCUT2D eigenvalue weighted by Gasteiger charge is 2.05. The summed E-state index contributed by atoms with van der Waals surface area (Å²) in [5.74, 6) is 0.718. The van der Waals surface area contributed by atoms with Crippen LogP contribution in [0, 0.1) is 0 Å². The number of aliphatic hydroxyl groups excluding tert-OH is 1.